The maximum Gasteiger partial charge on any atom is 2.00 e. The molecule has 0 saturated carbocycles. The van der Waals surface area contributed by atoms with E-state index in [4.69, 9.17) is 10.2 Å². The largest absolute Gasteiger partial charge is 2.00 e. The van der Waals surface area contributed by atoms with Gasteiger partial charge in [-0.2, -0.15) is 0 Å². The zero-order valence-corrected chi connectivity index (χ0v) is 46.1. The fourth-order valence-corrected chi connectivity index (χ4v) is 5.55. The summed E-state index contributed by atoms with van der Waals surface area (Å²) < 4.78 is 0. The molecule has 22 nitrogen and oxygen atoms in total. The summed E-state index contributed by atoms with van der Waals surface area (Å²) in [5, 5.41) is 100.0. The first kappa shape index (κ1) is 83.8. The summed E-state index contributed by atoms with van der Waals surface area (Å²) >= 11 is 0. The molecule has 2 aromatic carbocycles. The zero-order valence-electron chi connectivity index (χ0n) is 44.2. The van der Waals surface area contributed by atoms with Gasteiger partial charge in [0.05, 0.1) is 126 Å². The monoisotopic (exact) mass is 1130 g/mol. The Hall–Kier alpha value is -5.00. The number of quaternary nitrogens is 4. The van der Waals surface area contributed by atoms with E-state index in [9.17, 15) is 79.2 Å². The summed E-state index contributed by atoms with van der Waals surface area (Å²) in [5.41, 5.74) is -8.23. The Kier molecular flexibility index (Phi) is 60.9. The fourth-order valence-electron chi connectivity index (χ4n) is 5.55. The molecule has 0 aliphatic heterocycles. The second kappa shape index (κ2) is 52.3. The van der Waals surface area contributed by atoms with Crippen LogP contribution in [-0.2, 0) is 34.1 Å². The number of carboxylic acid groups (broad SMARTS) is 8. The third kappa shape index (κ3) is 38.6. The van der Waals surface area contributed by atoms with E-state index in [-0.39, 0.29) is 47.4 Å². The van der Waals surface area contributed by atoms with E-state index >= 15 is 0 Å². The van der Waals surface area contributed by atoms with E-state index in [1.807, 2.05) is 0 Å². The Bertz CT molecular complexity index is 1450. The van der Waals surface area contributed by atoms with Crippen LogP contribution in [0, 0.1) is 0 Å². The molecule has 72 heavy (non-hydrogen) atoms. The molecule has 0 aliphatic rings. The van der Waals surface area contributed by atoms with Crippen molar-refractivity contribution < 1.29 is 143 Å². The smallest absolute Gasteiger partial charge is 0.545 e. The summed E-state index contributed by atoms with van der Waals surface area (Å²) in [7, 11) is 0. The molecule has 0 spiro atoms. The van der Waals surface area contributed by atoms with Gasteiger partial charge in [-0.1, -0.05) is 0 Å². The Morgan fingerprint density at radius 2 is 0.347 bits per heavy atom. The average molecular weight is 1130 g/mol. The van der Waals surface area contributed by atoms with Crippen LogP contribution in [-0.4, -0.2) is 150 Å². The minimum atomic E-state index is -2.00. The van der Waals surface area contributed by atoms with Crippen LogP contribution in [0.25, 0.3) is 0 Å². The molecule has 0 saturated heterocycles. The van der Waals surface area contributed by atoms with Crippen molar-refractivity contribution in [3.63, 3.8) is 0 Å². The quantitative estimate of drug-likeness (QED) is 0.0671. The average Bonchev–Trinajstić information content (AvgIpc) is 3.31. The van der Waals surface area contributed by atoms with Gasteiger partial charge in [-0.15, -0.1) is 0 Å². The van der Waals surface area contributed by atoms with E-state index < -0.39 is 92.3 Å². The first-order valence-corrected chi connectivity index (χ1v) is 23.3. The van der Waals surface area contributed by atoms with Crippen molar-refractivity contribution in [3.05, 3.63) is 68.8 Å². The van der Waals surface area contributed by atoms with Crippen LogP contribution < -0.4 is 60.5 Å². The van der Waals surface area contributed by atoms with Crippen molar-refractivity contribution in [2.24, 2.45) is 0 Å². The first-order valence-electron chi connectivity index (χ1n) is 23.3. The van der Waals surface area contributed by atoms with E-state index in [0.29, 0.717) is 24.3 Å². The van der Waals surface area contributed by atoms with Gasteiger partial charge in [0.2, 0.25) is 0 Å². The van der Waals surface area contributed by atoms with Crippen molar-refractivity contribution >= 4 is 47.8 Å². The van der Waals surface area contributed by atoms with Crippen LogP contribution in [0.3, 0.4) is 0 Å². The molecule has 2 aromatic rings. The number of hydrogen-bond acceptors (Lipinski definition) is 18. The molecule has 2 radical (unpaired) electrons. The van der Waals surface area contributed by atoms with Crippen LogP contribution in [0.1, 0.15) is 180 Å². The maximum absolute atomic E-state index is 10.6. The first-order chi connectivity index (χ1) is 32.7. The van der Waals surface area contributed by atoms with E-state index in [1.165, 1.54) is 78.5 Å². The molecule has 6 N–H and O–H groups in total. The van der Waals surface area contributed by atoms with Crippen LogP contribution >= 0.6 is 0 Å². The molecule has 0 aromatic heterocycles. The molecule has 0 fully saturated rings. The minimum absolute atomic E-state index is 0. The number of rotatable bonds is 20. The van der Waals surface area contributed by atoms with Gasteiger partial charge in [0.15, 0.2) is 0 Å². The van der Waals surface area contributed by atoms with Crippen LogP contribution in [0.15, 0.2) is 24.3 Å². The van der Waals surface area contributed by atoms with E-state index in [2.05, 4.69) is 83.1 Å². The third-order valence-electron chi connectivity index (χ3n) is 10.1. The number of nitrogens with one attached hydrogen (secondary N) is 4. The molecule has 0 bridgehead atoms. The Morgan fingerprint density at radius 1 is 0.278 bits per heavy atom. The van der Waals surface area contributed by atoms with Gasteiger partial charge in [-0.3, -0.25) is 0 Å². The summed E-state index contributed by atoms with van der Waals surface area (Å²) in [5.74, 6) is -16.0. The minimum Gasteiger partial charge on any atom is -0.545 e. The summed E-state index contributed by atoms with van der Waals surface area (Å²) in [6.45, 7) is 45.8. The normalized spacial score (nSPS) is 9.39. The number of carbonyl (C=O) groups is 8. The van der Waals surface area contributed by atoms with E-state index in [1.54, 1.807) is 33.4 Å². The predicted octanol–water partition coefficient (Wildman–Crippen LogP) is -10.0. The van der Waals surface area contributed by atoms with Crippen molar-refractivity contribution in [1.82, 2.24) is 0 Å². The standard InChI is InChI=1S/2C10H6O8.4C6H15N.2C2H6O.2Cu/c2*11-7(12)3-1-4(8(13)14)6(10(17)18)2-5(3)9(15)16;4*1-4-7(5-2)6-3;2*1-2-3;;/h2*1-2H,(H,11,12)(H,13,14)(H,15,16)(H,17,18);4*4-6H2,1-3H3;2*3H,2H2,1H3;;/q;;;;;;;;2*+2/p-4. The molecule has 0 amide bonds. The van der Waals surface area contributed by atoms with Gasteiger partial charge < -0.3 is 109 Å². The van der Waals surface area contributed by atoms with Crippen molar-refractivity contribution in [1.29, 1.82) is 0 Å². The fraction of sp³-hybridized carbons (Fsp3) is 0.583. The van der Waals surface area contributed by atoms with Gasteiger partial charge in [0.1, 0.15) is 0 Å². The van der Waals surface area contributed by atoms with Gasteiger partial charge in [0, 0.05) is 57.7 Å². The second-order valence-electron chi connectivity index (χ2n) is 14.1. The molecule has 422 valence electrons. The predicted molar refractivity (Wildman–Crippen MR) is 243 cm³/mol. The van der Waals surface area contributed by atoms with Crippen LogP contribution in [0.2, 0.25) is 0 Å². The number of aromatic carboxylic acids is 8. The topological polar surface area (TPSA) is 379 Å². The van der Waals surface area contributed by atoms with Crippen molar-refractivity contribution in [2.75, 3.05) is 91.8 Å². The number of aliphatic hydroxyl groups is 2. The number of hydrogen-bond donors (Lipinski definition) is 6. The van der Waals surface area contributed by atoms with Crippen molar-refractivity contribution in [2.45, 2.75) is 96.9 Å². The number of carboxylic acids is 8. The summed E-state index contributed by atoms with van der Waals surface area (Å²) in [6.07, 6.45) is 0. The molecular weight excluding hydrogens is 1050 g/mol. The SMILES string of the molecule is CCO.CCO.CC[NH+](CC)CC.CC[NH+](CC)CC.CC[NH+](CC)CC.CC[NH+](CC)CC.O=C([O-])c1cc(C(=O)[O-])c(C(=O)[O-])cc1C(=O)[O-].O=C([O-])c1cc(C(=O)[O-])c(C(=O)[O-])cc1C(=O)[O-].[Cu+2].[Cu+2]. The van der Waals surface area contributed by atoms with Gasteiger partial charge >= 0.3 is 34.1 Å². The number of aliphatic hydroxyl groups excluding tert-OH is 2. The van der Waals surface area contributed by atoms with Gasteiger partial charge in [-0.25, -0.2) is 0 Å². The molecule has 0 aliphatic carbocycles. The maximum atomic E-state index is 10.6. The van der Waals surface area contributed by atoms with Crippen molar-refractivity contribution in [3.8, 4) is 0 Å². The Balaban J connectivity index is -0.000000117. The zero-order chi connectivity index (χ0) is 56.3. The van der Waals surface area contributed by atoms with Crippen LogP contribution in [0.4, 0.5) is 0 Å². The second-order valence-corrected chi connectivity index (χ2v) is 14.1. The number of benzene rings is 2. The molecule has 0 heterocycles. The molecular formula is C48H80Cu2N4O18. The van der Waals surface area contributed by atoms with Crippen LogP contribution in [0.5, 0.6) is 0 Å². The van der Waals surface area contributed by atoms with Gasteiger partial charge in [0.25, 0.3) is 0 Å². The Morgan fingerprint density at radius 3 is 0.375 bits per heavy atom. The number of carbonyl (C=O) groups excluding carboxylic acids is 8. The summed E-state index contributed by atoms with van der Waals surface area (Å²) in [4.78, 5) is 91.6. The third-order valence-corrected chi connectivity index (χ3v) is 10.1. The Labute approximate surface area is 446 Å². The molecule has 2 rings (SSSR count). The molecule has 0 unspecified atom stereocenters. The molecule has 24 heteroatoms. The van der Waals surface area contributed by atoms with Gasteiger partial charge in [-0.05, 0) is 121 Å². The summed E-state index contributed by atoms with van der Waals surface area (Å²) in [6, 6.07) is 1.23. The molecule has 0 atom stereocenters. The van der Waals surface area contributed by atoms with E-state index in [0.717, 1.165) is 0 Å².